The number of rotatable bonds is 18. The van der Waals surface area contributed by atoms with E-state index in [1.54, 1.807) is 12.3 Å². The Morgan fingerprint density at radius 2 is 1.46 bits per heavy atom. The SMILES string of the molecule is NCCCCC(NC(=O)C(CCC(N)=O)NC(=O)C(Cc1c[nH]c2ccccc12)NC(=O)C(N)CC(N)=O)C(=O)O. The number of primary amides is 2. The molecule has 0 saturated heterocycles. The minimum atomic E-state index is -1.35. The third-order valence-corrected chi connectivity index (χ3v) is 6.36. The molecule has 2 aromatic rings. The number of nitrogens with one attached hydrogen (secondary N) is 4. The number of amides is 5. The largest absolute Gasteiger partial charge is 0.480 e. The summed E-state index contributed by atoms with van der Waals surface area (Å²) >= 11 is 0. The molecule has 15 heteroatoms. The minimum absolute atomic E-state index is 0.0358. The van der Waals surface area contributed by atoms with Gasteiger partial charge in [0.2, 0.25) is 29.5 Å². The van der Waals surface area contributed by atoms with Crippen molar-refractivity contribution < 1.29 is 33.9 Å². The van der Waals surface area contributed by atoms with Gasteiger partial charge >= 0.3 is 5.97 Å². The highest BCUT2D eigenvalue weighted by atomic mass is 16.4. The second-order valence-corrected chi connectivity index (χ2v) is 9.65. The Kier molecular flexibility index (Phi) is 12.7. The van der Waals surface area contributed by atoms with Gasteiger partial charge in [0.1, 0.15) is 18.1 Å². The summed E-state index contributed by atoms with van der Waals surface area (Å²) in [4.78, 5) is 76.7. The standard InChI is InChI=1S/C26H38N8O7/c27-10-4-3-7-19(26(40)41)33-24(38)18(8-9-21(29)35)32-25(39)20(34-23(37)16(28)12-22(30)36)11-14-13-31-17-6-2-1-5-15(14)17/h1-2,5-6,13,16,18-20,31H,3-4,7-12,27-28H2,(H2,29,35)(H2,30,36)(H,32,39)(H,33,38)(H,34,37)(H,40,41). The van der Waals surface area contributed by atoms with E-state index in [4.69, 9.17) is 22.9 Å². The van der Waals surface area contributed by atoms with Crippen molar-refractivity contribution in [3.8, 4) is 0 Å². The van der Waals surface area contributed by atoms with E-state index in [9.17, 15) is 33.9 Å². The Hall–Kier alpha value is -4.50. The summed E-state index contributed by atoms with van der Waals surface area (Å²) in [6.07, 6.45) is 1.75. The van der Waals surface area contributed by atoms with Crippen molar-refractivity contribution in [3.63, 3.8) is 0 Å². The molecule has 15 nitrogen and oxygen atoms in total. The number of carbonyl (C=O) groups excluding carboxylic acids is 5. The van der Waals surface area contributed by atoms with Crippen molar-refractivity contribution in [2.24, 2.45) is 22.9 Å². The van der Waals surface area contributed by atoms with Gasteiger partial charge < -0.3 is 49.0 Å². The summed E-state index contributed by atoms with van der Waals surface area (Å²) in [5.41, 5.74) is 23.0. The molecule has 13 N–H and O–H groups in total. The lowest BCUT2D eigenvalue weighted by Gasteiger charge is -2.25. The molecular weight excluding hydrogens is 536 g/mol. The number of hydrogen-bond donors (Lipinski definition) is 9. The normalized spacial score (nSPS) is 13.9. The van der Waals surface area contributed by atoms with Crippen LogP contribution in [0.2, 0.25) is 0 Å². The summed E-state index contributed by atoms with van der Waals surface area (Å²) in [6, 6.07) is 2.05. The summed E-state index contributed by atoms with van der Waals surface area (Å²) < 4.78 is 0. The van der Waals surface area contributed by atoms with E-state index < -0.39 is 66.1 Å². The Morgan fingerprint density at radius 1 is 0.829 bits per heavy atom. The zero-order chi connectivity index (χ0) is 30.5. The third-order valence-electron chi connectivity index (χ3n) is 6.36. The Bertz CT molecular complexity index is 1250. The van der Waals surface area contributed by atoms with Crippen LogP contribution < -0.4 is 38.9 Å². The molecule has 0 aliphatic heterocycles. The lowest BCUT2D eigenvalue weighted by atomic mass is 10.0. The number of aliphatic carboxylic acids is 1. The van der Waals surface area contributed by atoms with E-state index in [2.05, 4.69) is 20.9 Å². The fourth-order valence-corrected chi connectivity index (χ4v) is 4.17. The van der Waals surface area contributed by atoms with Gasteiger partial charge in [0.25, 0.3) is 0 Å². The predicted molar refractivity (Wildman–Crippen MR) is 149 cm³/mol. The van der Waals surface area contributed by atoms with Crippen molar-refractivity contribution in [1.82, 2.24) is 20.9 Å². The maximum Gasteiger partial charge on any atom is 0.326 e. The van der Waals surface area contributed by atoms with Gasteiger partial charge in [0.15, 0.2) is 0 Å². The minimum Gasteiger partial charge on any atom is -0.480 e. The zero-order valence-electron chi connectivity index (χ0n) is 22.6. The molecule has 5 amide bonds. The molecule has 4 unspecified atom stereocenters. The first kappa shape index (κ1) is 32.7. The lowest BCUT2D eigenvalue weighted by Crippen LogP contribution is -2.58. The molecule has 0 aliphatic rings. The number of aromatic nitrogens is 1. The molecule has 0 spiro atoms. The molecule has 224 valence electrons. The summed E-state index contributed by atoms with van der Waals surface area (Å²) in [5.74, 6) is -5.31. The van der Waals surface area contributed by atoms with E-state index in [0.717, 1.165) is 10.9 Å². The molecule has 1 heterocycles. The van der Waals surface area contributed by atoms with Crippen LogP contribution in [0.3, 0.4) is 0 Å². The highest BCUT2D eigenvalue weighted by molar-refractivity contribution is 5.96. The number of fused-ring (bicyclic) bond motifs is 1. The van der Waals surface area contributed by atoms with Crippen LogP contribution in [0, 0.1) is 0 Å². The van der Waals surface area contributed by atoms with Crippen LogP contribution >= 0.6 is 0 Å². The number of hydrogen-bond acceptors (Lipinski definition) is 8. The Labute approximate surface area is 236 Å². The summed E-state index contributed by atoms with van der Waals surface area (Å²) in [5, 5.41) is 17.7. The highest BCUT2D eigenvalue weighted by Crippen LogP contribution is 2.19. The number of nitrogens with two attached hydrogens (primary N) is 4. The topological polar surface area (TPSA) is 279 Å². The van der Waals surface area contributed by atoms with Crippen LogP contribution in [0.4, 0.5) is 0 Å². The molecule has 0 fully saturated rings. The maximum absolute atomic E-state index is 13.5. The van der Waals surface area contributed by atoms with E-state index >= 15 is 0 Å². The highest BCUT2D eigenvalue weighted by Gasteiger charge is 2.31. The first-order chi connectivity index (χ1) is 19.4. The van der Waals surface area contributed by atoms with Crippen LogP contribution in [0.1, 0.15) is 44.1 Å². The van der Waals surface area contributed by atoms with Gasteiger partial charge in [0, 0.05) is 29.9 Å². The van der Waals surface area contributed by atoms with Gasteiger partial charge in [-0.3, -0.25) is 24.0 Å². The van der Waals surface area contributed by atoms with Crippen molar-refractivity contribution in [2.45, 2.75) is 69.1 Å². The quantitative estimate of drug-likeness (QED) is 0.0876. The summed E-state index contributed by atoms with van der Waals surface area (Å²) in [7, 11) is 0. The van der Waals surface area contributed by atoms with E-state index in [1.165, 1.54) is 0 Å². The number of carboxylic acid groups (broad SMARTS) is 1. The number of benzene rings is 1. The molecular formula is C26H38N8O7. The number of H-pyrrole nitrogens is 1. The van der Waals surface area contributed by atoms with Crippen molar-refractivity contribution in [1.29, 1.82) is 0 Å². The predicted octanol–water partition coefficient (Wildman–Crippen LogP) is -2.15. The fourth-order valence-electron chi connectivity index (χ4n) is 4.17. The van der Waals surface area contributed by atoms with Crippen molar-refractivity contribution >= 4 is 46.4 Å². The molecule has 0 radical (unpaired) electrons. The van der Waals surface area contributed by atoms with Gasteiger partial charge in [-0.05, 0) is 43.9 Å². The summed E-state index contributed by atoms with van der Waals surface area (Å²) in [6.45, 7) is 0.351. The molecule has 0 saturated carbocycles. The number of carbonyl (C=O) groups is 6. The first-order valence-electron chi connectivity index (χ1n) is 13.1. The first-order valence-corrected chi connectivity index (χ1v) is 13.1. The van der Waals surface area contributed by atoms with Crippen molar-refractivity contribution in [3.05, 3.63) is 36.0 Å². The van der Waals surface area contributed by atoms with Crippen molar-refractivity contribution in [2.75, 3.05) is 6.54 Å². The molecule has 1 aromatic heterocycles. The van der Waals surface area contributed by atoms with E-state index in [0.29, 0.717) is 24.9 Å². The number of carboxylic acids is 1. The maximum atomic E-state index is 13.5. The third kappa shape index (κ3) is 10.5. The molecule has 2 rings (SSSR count). The van der Waals surface area contributed by atoms with Gasteiger partial charge in [-0.15, -0.1) is 0 Å². The lowest BCUT2D eigenvalue weighted by molar-refractivity contribution is -0.142. The molecule has 4 atom stereocenters. The number of unbranched alkanes of at least 4 members (excludes halogenated alkanes) is 1. The van der Waals surface area contributed by atoms with Crippen LogP contribution in [0.5, 0.6) is 0 Å². The Morgan fingerprint density at radius 3 is 2.10 bits per heavy atom. The fraction of sp³-hybridized carbons (Fsp3) is 0.462. The molecule has 41 heavy (non-hydrogen) atoms. The number of aromatic amines is 1. The number of para-hydroxylation sites is 1. The van der Waals surface area contributed by atoms with E-state index in [-0.39, 0.29) is 25.7 Å². The van der Waals surface area contributed by atoms with Crippen LogP contribution in [0.25, 0.3) is 10.9 Å². The van der Waals surface area contributed by atoms with Crippen LogP contribution in [-0.4, -0.2) is 76.3 Å². The Balaban J connectivity index is 2.30. The molecule has 0 bridgehead atoms. The second-order valence-electron chi connectivity index (χ2n) is 9.65. The van der Waals surface area contributed by atoms with Gasteiger partial charge in [0.05, 0.1) is 12.5 Å². The average molecular weight is 575 g/mol. The second kappa shape index (κ2) is 15.9. The molecule has 0 aliphatic carbocycles. The van der Waals surface area contributed by atoms with Gasteiger partial charge in [-0.2, -0.15) is 0 Å². The van der Waals surface area contributed by atoms with Crippen LogP contribution in [-0.2, 0) is 35.2 Å². The zero-order valence-corrected chi connectivity index (χ0v) is 22.6. The smallest absolute Gasteiger partial charge is 0.326 e. The van der Waals surface area contributed by atoms with E-state index in [1.807, 2.05) is 18.2 Å². The molecule has 1 aromatic carbocycles. The van der Waals surface area contributed by atoms with Crippen LogP contribution in [0.15, 0.2) is 30.5 Å². The average Bonchev–Trinajstić information content (AvgIpc) is 3.32. The van der Waals surface area contributed by atoms with Gasteiger partial charge in [-0.25, -0.2) is 4.79 Å². The monoisotopic (exact) mass is 574 g/mol. The van der Waals surface area contributed by atoms with Gasteiger partial charge in [-0.1, -0.05) is 18.2 Å².